The van der Waals surface area contributed by atoms with E-state index < -0.39 is 32.1 Å². The van der Waals surface area contributed by atoms with Gasteiger partial charge in [0.05, 0.1) is 5.41 Å². The van der Waals surface area contributed by atoms with E-state index in [9.17, 15) is 17.6 Å². The van der Waals surface area contributed by atoms with Gasteiger partial charge in [-0.2, -0.15) is 4.31 Å². The number of benzene rings is 1. The van der Waals surface area contributed by atoms with E-state index in [0.717, 1.165) is 10.4 Å². The van der Waals surface area contributed by atoms with E-state index in [2.05, 4.69) is 15.9 Å². The smallest absolute Gasteiger partial charge is 0.246 e. The molecule has 1 fully saturated rings. The molecule has 8 heteroatoms. The summed E-state index contributed by atoms with van der Waals surface area (Å²) >= 11 is 3.07. The van der Waals surface area contributed by atoms with Crippen LogP contribution in [0, 0.1) is 11.2 Å². The fraction of sp³-hybridized carbons (Fsp3) is 0.417. The minimum absolute atomic E-state index is 0.0276. The van der Waals surface area contributed by atoms with E-state index in [4.69, 9.17) is 5.73 Å². The summed E-state index contributed by atoms with van der Waals surface area (Å²) in [7, 11) is -3.96. The molecule has 1 saturated heterocycles. The van der Waals surface area contributed by atoms with E-state index in [1.807, 2.05) is 0 Å². The van der Waals surface area contributed by atoms with Crippen LogP contribution in [0.2, 0.25) is 0 Å². The number of amides is 1. The van der Waals surface area contributed by atoms with Crippen LogP contribution in [0.25, 0.3) is 0 Å². The van der Waals surface area contributed by atoms with Gasteiger partial charge in [-0.15, -0.1) is 0 Å². The highest BCUT2D eigenvalue weighted by Crippen LogP contribution is 2.34. The summed E-state index contributed by atoms with van der Waals surface area (Å²) in [5.74, 6) is -1.38. The second-order valence-corrected chi connectivity index (χ2v) is 7.91. The standard InChI is InChI=1S/C12H14BrFN2O3S/c1-12(11(15)17)4-5-16(7-12)20(18,19)10-3-2-8(13)6-9(10)14/h2-3,6H,4-5,7H2,1H3,(H2,15,17). The summed E-state index contributed by atoms with van der Waals surface area (Å²) < 4.78 is 40.2. The molecule has 20 heavy (non-hydrogen) atoms. The maximum absolute atomic E-state index is 13.8. The van der Waals surface area contributed by atoms with Crippen molar-refractivity contribution in [3.63, 3.8) is 0 Å². The van der Waals surface area contributed by atoms with Crippen LogP contribution in [-0.2, 0) is 14.8 Å². The number of carbonyl (C=O) groups excluding carboxylic acids is 1. The van der Waals surface area contributed by atoms with E-state index in [-0.39, 0.29) is 13.1 Å². The lowest BCUT2D eigenvalue weighted by molar-refractivity contribution is -0.126. The van der Waals surface area contributed by atoms with Crippen molar-refractivity contribution in [3.8, 4) is 0 Å². The van der Waals surface area contributed by atoms with Gasteiger partial charge in [-0.3, -0.25) is 4.79 Å². The van der Waals surface area contributed by atoms with Crippen molar-refractivity contribution in [2.45, 2.75) is 18.2 Å². The van der Waals surface area contributed by atoms with Crippen LogP contribution >= 0.6 is 15.9 Å². The van der Waals surface area contributed by atoms with Crippen molar-refractivity contribution in [2.75, 3.05) is 13.1 Å². The summed E-state index contributed by atoms with van der Waals surface area (Å²) in [4.78, 5) is 11.0. The van der Waals surface area contributed by atoms with Gasteiger partial charge in [0.2, 0.25) is 15.9 Å². The largest absolute Gasteiger partial charge is 0.369 e. The number of primary amides is 1. The average molecular weight is 365 g/mol. The molecule has 0 bridgehead atoms. The maximum Gasteiger partial charge on any atom is 0.246 e. The quantitative estimate of drug-likeness (QED) is 0.881. The molecule has 1 atom stereocenters. The maximum atomic E-state index is 13.8. The van der Waals surface area contributed by atoms with E-state index in [1.165, 1.54) is 12.1 Å². The van der Waals surface area contributed by atoms with Crippen molar-refractivity contribution < 1.29 is 17.6 Å². The van der Waals surface area contributed by atoms with Gasteiger partial charge in [-0.05, 0) is 31.5 Å². The van der Waals surface area contributed by atoms with Crippen LogP contribution in [0.1, 0.15) is 13.3 Å². The van der Waals surface area contributed by atoms with Crippen LogP contribution in [0.4, 0.5) is 4.39 Å². The number of rotatable bonds is 3. The van der Waals surface area contributed by atoms with Crippen LogP contribution in [0.3, 0.4) is 0 Å². The Balaban J connectivity index is 2.35. The molecule has 0 radical (unpaired) electrons. The summed E-state index contributed by atoms with van der Waals surface area (Å²) in [6.45, 7) is 1.74. The highest BCUT2D eigenvalue weighted by molar-refractivity contribution is 9.10. The minimum atomic E-state index is -3.96. The molecule has 1 aromatic rings. The lowest BCUT2D eigenvalue weighted by atomic mass is 9.89. The summed E-state index contributed by atoms with van der Waals surface area (Å²) in [5, 5.41) is 0. The topological polar surface area (TPSA) is 80.5 Å². The number of hydrogen-bond acceptors (Lipinski definition) is 3. The summed E-state index contributed by atoms with van der Waals surface area (Å²) in [6, 6.07) is 3.75. The Bertz CT molecular complexity index is 665. The Morgan fingerprint density at radius 1 is 1.50 bits per heavy atom. The molecule has 5 nitrogen and oxygen atoms in total. The Morgan fingerprint density at radius 2 is 2.15 bits per heavy atom. The molecular weight excluding hydrogens is 351 g/mol. The predicted molar refractivity (Wildman–Crippen MR) is 74.8 cm³/mol. The van der Waals surface area contributed by atoms with Gasteiger partial charge in [0.1, 0.15) is 10.7 Å². The first-order valence-electron chi connectivity index (χ1n) is 5.92. The van der Waals surface area contributed by atoms with E-state index in [0.29, 0.717) is 10.9 Å². The monoisotopic (exact) mass is 364 g/mol. The highest BCUT2D eigenvalue weighted by Gasteiger charge is 2.44. The predicted octanol–water partition coefficient (Wildman–Crippen LogP) is 1.47. The molecular formula is C12H14BrFN2O3S. The third kappa shape index (κ3) is 2.59. The van der Waals surface area contributed by atoms with E-state index in [1.54, 1.807) is 6.92 Å². The number of halogens is 2. The van der Waals surface area contributed by atoms with Gasteiger partial charge in [-0.1, -0.05) is 15.9 Å². The average Bonchev–Trinajstić information content (AvgIpc) is 2.73. The molecule has 1 unspecified atom stereocenters. The summed E-state index contributed by atoms with van der Waals surface area (Å²) in [6.07, 6.45) is 0.333. The molecule has 1 aromatic carbocycles. The van der Waals surface area contributed by atoms with Gasteiger partial charge < -0.3 is 5.73 Å². The zero-order valence-electron chi connectivity index (χ0n) is 10.8. The Kier molecular flexibility index (Phi) is 3.92. The first-order chi connectivity index (χ1) is 9.17. The van der Waals surface area contributed by atoms with Crippen molar-refractivity contribution in [1.29, 1.82) is 0 Å². The zero-order valence-corrected chi connectivity index (χ0v) is 13.2. The fourth-order valence-electron chi connectivity index (χ4n) is 2.15. The van der Waals surface area contributed by atoms with Gasteiger partial charge in [0.25, 0.3) is 0 Å². The molecule has 2 rings (SSSR count). The molecule has 1 aliphatic rings. The number of carbonyl (C=O) groups is 1. The Morgan fingerprint density at radius 3 is 2.65 bits per heavy atom. The molecule has 0 aliphatic carbocycles. The van der Waals surface area contributed by atoms with Crippen molar-refractivity contribution >= 4 is 31.9 Å². The molecule has 0 saturated carbocycles. The molecule has 2 N–H and O–H groups in total. The first kappa shape index (κ1) is 15.4. The van der Waals surface area contributed by atoms with Crippen LogP contribution < -0.4 is 5.73 Å². The molecule has 1 aliphatic heterocycles. The second-order valence-electron chi connectivity index (χ2n) is 5.09. The SMILES string of the molecule is CC1(C(N)=O)CCN(S(=O)(=O)c2ccc(Br)cc2F)C1. The number of sulfonamides is 1. The minimum Gasteiger partial charge on any atom is -0.369 e. The van der Waals surface area contributed by atoms with Crippen molar-refractivity contribution in [1.82, 2.24) is 4.31 Å². The highest BCUT2D eigenvalue weighted by atomic mass is 79.9. The van der Waals surface area contributed by atoms with Crippen LogP contribution in [0.5, 0.6) is 0 Å². The van der Waals surface area contributed by atoms with Crippen molar-refractivity contribution in [2.24, 2.45) is 11.1 Å². The molecule has 110 valence electrons. The van der Waals surface area contributed by atoms with Gasteiger partial charge in [-0.25, -0.2) is 12.8 Å². The first-order valence-corrected chi connectivity index (χ1v) is 8.15. The summed E-state index contributed by atoms with van der Waals surface area (Å²) in [5.41, 5.74) is 4.38. The van der Waals surface area contributed by atoms with Crippen LogP contribution in [0.15, 0.2) is 27.6 Å². The molecule has 0 spiro atoms. The number of nitrogens with zero attached hydrogens (tertiary/aromatic N) is 1. The van der Waals surface area contributed by atoms with Gasteiger partial charge >= 0.3 is 0 Å². The normalized spacial score (nSPS) is 23.9. The second kappa shape index (κ2) is 5.09. The lowest BCUT2D eigenvalue weighted by Crippen LogP contribution is -2.38. The van der Waals surface area contributed by atoms with Gasteiger partial charge in [0.15, 0.2) is 0 Å². The third-order valence-corrected chi connectivity index (χ3v) is 5.92. The molecule has 1 amide bonds. The Labute approximate surface area is 125 Å². The number of nitrogens with two attached hydrogens (primary N) is 1. The van der Waals surface area contributed by atoms with Gasteiger partial charge in [0, 0.05) is 17.6 Å². The van der Waals surface area contributed by atoms with E-state index >= 15 is 0 Å². The lowest BCUT2D eigenvalue weighted by Gasteiger charge is -2.21. The zero-order chi connectivity index (χ0) is 15.1. The van der Waals surface area contributed by atoms with Crippen molar-refractivity contribution in [3.05, 3.63) is 28.5 Å². The van der Waals surface area contributed by atoms with Crippen LogP contribution in [-0.4, -0.2) is 31.7 Å². The molecule has 1 heterocycles. The Hall–Kier alpha value is -0.990. The number of hydrogen-bond donors (Lipinski definition) is 1. The molecule has 0 aromatic heterocycles. The third-order valence-electron chi connectivity index (χ3n) is 3.54. The fourth-order valence-corrected chi connectivity index (χ4v) is 4.09.